The lowest BCUT2D eigenvalue weighted by atomic mass is 10.2. The highest BCUT2D eigenvalue weighted by Crippen LogP contribution is 2.21. The number of carbonyl (C=O) groups is 1. The lowest BCUT2D eigenvalue weighted by Gasteiger charge is -2.22. The first kappa shape index (κ1) is 13.4. The molecule has 1 saturated heterocycles. The topological polar surface area (TPSA) is 94.9 Å². The zero-order valence-corrected chi connectivity index (χ0v) is 9.82. The van der Waals surface area contributed by atoms with Gasteiger partial charge in [-0.15, -0.1) is 0 Å². The standard InChI is InChI=1S/C9H17NO5S/c11-7-8-3-1-5-10(8)16(14,15)6-2-4-9(12)13/h8,11H,1-7H2,(H,12,13). The Morgan fingerprint density at radius 2 is 2.12 bits per heavy atom. The van der Waals surface area contributed by atoms with Crippen molar-refractivity contribution in [1.29, 1.82) is 0 Å². The molecule has 0 aliphatic carbocycles. The van der Waals surface area contributed by atoms with Crippen molar-refractivity contribution in [3.8, 4) is 0 Å². The maximum Gasteiger partial charge on any atom is 0.303 e. The van der Waals surface area contributed by atoms with Crippen LogP contribution in [0.25, 0.3) is 0 Å². The minimum absolute atomic E-state index is 0.117. The first-order valence-electron chi connectivity index (χ1n) is 5.29. The van der Waals surface area contributed by atoms with Crippen molar-refractivity contribution >= 4 is 16.0 Å². The van der Waals surface area contributed by atoms with Crippen molar-refractivity contribution in [3.63, 3.8) is 0 Å². The molecule has 1 aliphatic rings. The lowest BCUT2D eigenvalue weighted by molar-refractivity contribution is -0.137. The van der Waals surface area contributed by atoms with E-state index in [0.29, 0.717) is 13.0 Å². The summed E-state index contributed by atoms with van der Waals surface area (Å²) in [6, 6.07) is -0.324. The van der Waals surface area contributed by atoms with Crippen LogP contribution in [0.1, 0.15) is 25.7 Å². The number of hydrogen-bond donors (Lipinski definition) is 2. The van der Waals surface area contributed by atoms with Gasteiger partial charge in [-0.1, -0.05) is 0 Å². The van der Waals surface area contributed by atoms with Crippen LogP contribution in [0.4, 0.5) is 0 Å². The van der Waals surface area contributed by atoms with Crippen LogP contribution >= 0.6 is 0 Å². The summed E-state index contributed by atoms with van der Waals surface area (Å²) < 4.78 is 24.9. The van der Waals surface area contributed by atoms with Gasteiger partial charge in [-0.25, -0.2) is 8.42 Å². The summed E-state index contributed by atoms with van der Waals surface area (Å²) >= 11 is 0. The average molecular weight is 251 g/mol. The van der Waals surface area contributed by atoms with Crippen LogP contribution in [0.15, 0.2) is 0 Å². The van der Waals surface area contributed by atoms with Gasteiger partial charge in [0.1, 0.15) is 0 Å². The Labute approximate surface area is 94.9 Å². The quantitative estimate of drug-likeness (QED) is 0.672. The highest BCUT2D eigenvalue weighted by atomic mass is 32.2. The van der Waals surface area contributed by atoms with Gasteiger partial charge in [0.05, 0.1) is 12.4 Å². The molecule has 7 heteroatoms. The molecule has 1 heterocycles. The summed E-state index contributed by atoms with van der Waals surface area (Å²) in [6.07, 6.45) is 1.40. The highest BCUT2D eigenvalue weighted by molar-refractivity contribution is 7.89. The Bertz CT molecular complexity index is 340. The van der Waals surface area contributed by atoms with Crippen LogP contribution < -0.4 is 0 Å². The van der Waals surface area contributed by atoms with Crippen molar-refractivity contribution in [2.45, 2.75) is 31.7 Å². The fraction of sp³-hybridized carbons (Fsp3) is 0.889. The third kappa shape index (κ3) is 3.43. The smallest absolute Gasteiger partial charge is 0.303 e. The zero-order valence-electron chi connectivity index (χ0n) is 9.00. The number of aliphatic hydroxyl groups excluding tert-OH is 1. The van der Waals surface area contributed by atoms with Gasteiger partial charge in [0.15, 0.2) is 0 Å². The van der Waals surface area contributed by atoms with E-state index in [0.717, 1.165) is 6.42 Å². The molecule has 1 rings (SSSR count). The van der Waals surface area contributed by atoms with E-state index in [2.05, 4.69) is 0 Å². The van der Waals surface area contributed by atoms with E-state index in [1.165, 1.54) is 4.31 Å². The van der Waals surface area contributed by atoms with Gasteiger partial charge in [-0.3, -0.25) is 4.79 Å². The Morgan fingerprint density at radius 3 is 2.69 bits per heavy atom. The monoisotopic (exact) mass is 251 g/mol. The molecule has 1 atom stereocenters. The molecule has 0 bridgehead atoms. The third-order valence-electron chi connectivity index (χ3n) is 2.68. The molecular weight excluding hydrogens is 234 g/mol. The van der Waals surface area contributed by atoms with Crippen molar-refractivity contribution in [3.05, 3.63) is 0 Å². The summed E-state index contributed by atoms with van der Waals surface area (Å²) in [7, 11) is -3.41. The van der Waals surface area contributed by atoms with E-state index in [-0.39, 0.29) is 31.2 Å². The highest BCUT2D eigenvalue weighted by Gasteiger charge is 2.33. The Kier molecular flexibility index (Phi) is 4.69. The lowest BCUT2D eigenvalue weighted by Crippen LogP contribution is -2.39. The number of aliphatic carboxylic acids is 1. The summed E-state index contributed by atoms with van der Waals surface area (Å²) in [4.78, 5) is 10.3. The van der Waals surface area contributed by atoms with Gasteiger partial charge in [-0.05, 0) is 19.3 Å². The number of sulfonamides is 1. The molecule has 16 heavy (non-hydrogen) atoms. The predicted molar refractivity (Wildman–Crippen MR) is 57.5 cm³/mol. The van der Waals surface area contributed by atoms with Crippen molar-refractivity contribution < 1.29 is 23.4 Å². The Hall–Kier alpha value is -0.660. The molecule has 0 amide bonds. The fourth-order valence-electron chi connectivity index (χ4n) is 1.88. The van der Waals surface area contributed by atoms with E-state index in [4.69, 9.17) is 10.2 Å². The first-order valence-corrected chi connectivity index (χ1v) is 6.90. The number of nitrogens with zero attached hydrogens (tertiary/aromatic N) is 1. The van der Waals surface area contributed by atoms with Gasteiger partial charge < -0.3 is 10.2 Å². The van der Waals surface area contributed by atoms with Crippen LogP contribution in [-0.4, -0.2) is 53.9 Å². The summed E-state index contributed by atoms with van der Waals surface area (Å²) in [6.45, 7) is 0.263. The SMILES string of the molecule is O=C(O)CCCS(=O)(=O)N1CCCC1CO. The molecule has 6 nitrogen and oxygen atoms in total. The summed E-state index contributed by atoms with van der Waals surface area (Å²) in [5.41, 5.74) is 0. The molecule has 94 valence electrons. The maximum atomic E-state index is 11.8. The number of carboxylic acid groups (broad SMARTS) is 1. The van der Waals surface area contributed by atoms with Gasteiger partial charge in [0.25, 0.3) is 0 Å². The Morgan fingerprint density at radius 1 is 1.44 bits per heavy atom. The fourth-order valence-corrected chi connectivity index (χ4v) is 3.66. The van der Waals surface area contributed by atoms with Crippen molar-refractivity contribution in [2.24, 2.45) is 0 Å². The summed E-state index contributed by atoms with van der Waals surface area (Å²) in [5, 5.41) is 17.4. The molecule has 0 aromatic carbocycles. The second-order valence-corrected chi connectivity index (χ2v) is 5.94. The van der Waals surface area contributed by atoms with Crippen LogP contribution in [0.5, 0.6) is 0 Å². The second-order valence-electron chi connectivity index (χ2n) is 3.90. The molecule has 0 saturated carbocycles. The normalized spacial score (nSPS) is 22.4. The zero-order chi connectivity index (χ0) is 12.2. The molecule has 1 unspecified atom stereocenters. The van der Waals surface area contributed by atoms with Gasteiger partial charge in [0, 0.05) is 19.0 Å². The first-order chi connectivity index (χ1) is 7.47. The molecule has 0 radical (unpaired) electrons. The van der Waals surface area contributed by atoms with Crippen molar-refractivity contribution in [2.75, 3.05) is 18.9 Å². The largest absolute Gasteiger partial charge is 0.481 e. The molecule has 0 spiro atoms. The van der Waals surface area contributed by atoms with Gasteiger partial charge >= 0.3 is 5.97 Å². The number of aliphatic hydroxyl groups is 1. The van der Waals surface area contributed by atoms with E-state index >= 15 is 0 Å². The van der Waals surface area contributed by atoms with Gasteiger partial charge in [0.2, 0.25) is 10.0 Å². The molecule has 0 aromatic heterocycles. The van der Waals surface area contributed by atoms with Crippen molar-refractivity contribution in [1.82, 2.24) is 4.31 Å². The second kappa shape index (κ2) is 5.60. The van der Waals surface area contributed by atoms with Crippen LogP contribution in [0, 0.1) is 0 Å². The van der Waals surface area contributed by atoms with E-state index in [1.54, 1.807) is 0 Å². The van der Waals surface area contributed by atoms with Gasteiger partial charge in [-0.2, -0.15) is 4.31 Å². The average Bonchev–Trinajstić information content (AvgIpc) is 2.64. The number of carboxylic acids is 1. The van der Waals surface area contributed by atoms with E-state index < -0.39 is 16.0 Å². The number of hydrogen-bond acceptors (Lipinski definition) is 4. The minimum Gasteiger partial charge on any atom is -0.481 e. The Balaban J connectivity index is 2.52. The molecule has 1 aliphatic heterocycles. The maximum absolute atomic E-state index is 11.8. The minimum atomic E-state index is -3.41. The van der Waals surface area contributed by atoms with E-state index in [9.17, 15) is 13.2 Å². The van der Waals surface area contributed by atoms with Crippen LogP contribution in [-0.2, 0) is 14.8 Å². The number of rotatable bonds is 6. The third-order valence-corrected chi connectivity index (χ3v) is 4.68. The summed E-state index contributed by atoms with van der Waals surface area (Å²) in [5.74, 6) is -1.15. The molecule has 0 aromatic rings. The molecule has 2 N–H and O–H groups in total. The molecule has 1 fully saturated rings. The van der Waals surface area contributed by atoms with E-state index in [1.807, 2.05) is 0 Å². The predicted octanol–water partition coefficient (Wildman–Crippen LogP) is -0.362. The van der Waals surface area contributed by atoms with Crippen LogP contribution in [0.3, 0.4) is 0 Å². The van der Waals surface area contributed by atoms with Crippen LogP contribution in [0.2, 0.25) is 0 Å². The molecular formula is C9H17NO5S.